The van der Waals surface area contributed by atoms with Crippen LogP contribution in [0.5, 0.6) is 0 Å². The molecular formula is C15H27ClO2. The van der Waals surface area contributed by atoms with Gasteiger partial charge in [0.15, 0.2) is 0 Å². The van der Waals surface area contributed by atoms with Gasteiger partial charge < -0.3 is 9.47 Å². The minimum absolute atomic E-state index is 0.309. The lowest BCUT2D eigenvalue weighted by Gasteiger charge is -2.55. The fourth-order valence-electron chi connectivity index (χ4n) is 3.38. The SMILES string of the molecule is CCCCOCCOC1CC(Cl)C12CCCCC2. The standard InChI is InChI=1S/C15H27ClO2/c1-2-3-9-17-10-11-18-14-12-13(16)15(14)7-5-4-6-8-15/h13-14H,2-12H2,1H3. The lowest BCUT2D eigenvalue weighted by molar-refractivity contribution is -0.133. The summed E-state index contributed by atoms with van der Waals surface area (Å²) < 4.78 is 11.6. The van der Waals surface area contributed by atoms with Gasteiger partial charge in [-0.15, -0.1) is 11.6 Å². The molecule has 1 spiro atoms. The van der Waals surface area contributed by atoms with Crippen LogP contribution in [0.3, 0.4) is 0 Å². The summed E-state index contributed by atoms with van der Waals surface area (Å²) in [4.78, 5) is 0. The molecule has 2 nitrogen and oxygen atoms in total. The molecule has 2 fully saturated rings. The minimum atomic E-state index is 0.309. The maximum atomic E-state index is 6.45. The van der Waals surface area contributed by atoms with E-state index >= 15 is 0 Å². The van der Waals surface area contributed by atoms with Gasteiger partial charge in [-0.25, -0.2) is 0 Å². The van der Waals surface area contributed by atoms with Crippen molar-refractivity contribution in [2.24, 2.45) is 5.41 Å². The molecule has 2 rings (SSSR count). The van der Waals surface area contributed by atoms with Crippen molar-refractivity contribution in [3.05, 3.63) is 0 Å². The Bertz CT molecular complexity index is 239. The van der Waals surface area contributed by atoms with Crippen molar-refractivity contribution >= 4 is 11.6 Å². The molecular weight excluding hydrogens is 248 g/mol. The van der Waals surface area contributed by atoms with E-state index < -0.39 is 0 Å². The zero-order chi connectivity index (χ0) is 12.8. The molecule has 2 aliphatic carbocycles. The van der Waals surface area contributed by atoms with Crippen LogP contribution in [-0.4, -0.2) is 31.3 Å². The lowest BCUT2D eigenvalue weighted by Crippen LogP contribution is -2.56. The van der Waals surface area contributed by atoms with Crippen molar-refractivity contribution in [1.29, 1.82) is 0 Å². The van der Waals surface area contributed by atoms with Crippen molar-refractivity contribution < 1.29 is 9.47 Å². The van der Waals surface area contributed by atoms with Gasteiger partial charge in [0.1, 0.15) is 0 Å². The van der Waals surface area contributed by atoms with Gasteiger partial charge in [0, 0.05) is 17.4 Å². The second-order valence-electron chi connectivity index (χ2n) is 5.82. The largest absolute Gasteiger partial charge is 0.379 e. The Morgan fingerprint density at radius 3 is 2.56 bits per heavy atom. The molecule has 2 atom stereocenters. The van der Waals surface area contributed by atoms with Gasteiger partial charge >= 0.3 is 0 Å². The van der Waals surface area contributed by atoms with E-state index in [1.807, 2.05) is 0 Å². The van der Waals surface area contributed by atoms with Crippen molar-refractivity contribution in [1.82, 2.24) is 0 Å². The Labute approximate surface area is 116 Å². The molecule has 0 aromatic carbocycles. The van der Waals surface area contributed by atoms with Crippen LogP contribution in [0.1, 0.15) is 58.3 Å². The maximum absolute atomic E-state index is 6.45. The van der Waals surface area contributed by atoms with Gasteiger partial charge in [-0.05, 0) is 25.7 Å². The zero-order valence-corrected chi connectivity index (χ0v) is 12.4. The molecule has 2 unspecified atom stereocenters. The number of unbranched alkanes of at least 4 members (excludes halogenated alkanes) is 1. The average molecular weight is 275 g/mol. The fraction of sp³-hybridized carbons (Fsp3) is 1.00. The molecule has 0 bridgehead atoms. The molecule has 2 saturated carbocycles. The maximum Gasteiger partial charge on any atom is 0.0704 e. The third-order valence-electron chi connectivity index (χ3n) is 4.66. The number of rotatable bonds is 7. The van der Waals surface area contributed by atoms with Crippen molar-refractivity contribution in [3.63, 3.8) is 0 Å². The van der Waals surface area contributed by atoms with Crippen molar-refractivity contribution in [2.75, 3.05) is 19.8 Å². The van der Waals surface area contributed by atoms with Gasteiger partial charge in [-0.3, -0.25) is 0 Å². The molecule has 106 valence electrons. The third kappa shape index (κ3) is 3.20. The van der Waals surface area contributed by atoms with E-state index in [4.69, 9.17) is 21.1 Å². The van der Waals surface area contributed by atoms with Crippen LogP contribution in [0.4, 0.5) is 0 Å². The van der Waals surface area contributed by atoms with Gasteiger partial charge in [-0.1, -0.05) is 32.6 Å². The van der Waals surface area contributed by atoms with Gasteiger partial charge in [0.05, 0.1) is 19.3 Å². The number of ether oxygens (including phenoxy) is 2. The molecule has 0 heterocycles. The first-order valence-corrected chi connectivity index (χ1v) is 8.06. The first kappa shape index (κ1) is 14.6. The monoisotopic (exact) mass is 274 g/mol. The summed E-state index contributed by atoms with van der Waals surface area (Å²) in [6.07, 6.45) is 10.3. The number of hydrogen-bond donors (Lipinski definition) is 0. The van der Waals surface area contributed by atoms with E-state index in [2.05, 4.69) is 6.92 Å². The quantitative estimate of drug-likeness (QED) is 0.513. The third-order valence-corrected chi connectivity index (χ3v) is 5.27. The number of alkyl halides is 1. The summed E-state index contributed by atoms with van der Waals surface area (Å²) in [5, 5.41) is 0.351. The van der Waals surface area contributed by atoms with E-state index in [9.17, 15) is 0 Å². The summed E-state index contributed by atoms with van der Waals surface area (Å²) in [5.41, 5.74) is 0.309. The molecule has 0 aromatic rings. The van der Waals surface area contributed by atoms with Crippen LogP contribution in [0.2, 0.25) is 0 Å². The van der Waals surface area contributed by atoms with E-state index in [0.29, 0.717) is 16.9 Å². The van der Waals surface area contributed by atoms with Gasteiger partial charge in [0.25, 0.3) is 0 Å². The predicted molar refractivity (Wildman–Crippen MR) is 75.2 cm³/mol. The normalized spacial score (nSPS) is 30.3. The second kappa shape index (κ2) is 7.12. The number of hydrogen-bond acceptors (Lipinski definition) is 2. The molecule has 18 heavy (non-hydrogen) atoms. The topological polar surface area (TPSA) is 18.5 Å². The summed E-state index contributed by atoms with van der Waals surface area (Å²) in [6.45, 7) is 4.52. The Hall–Kier alpha value is 0.210. The Balaban J connectivity index is 1.64. The van der Waals surface area contributed by atoms with Crippen LogP contribution in [0, 0.1) is 5.41 Å². The minimum Gasteiger partial charge on any atom is -0.379 e. The van der Waals surface area contributed by atoms with Crippen LogP contribution in [-0.2, 0) is 9.47 Å². The zero-order valence-electron chi connectivity index (χ0n) is 11.6. The highest BCUT2D eigenvalue weighted by atomic mass is 35.5. The smallest absolute Gasteiger partial charge is 0.0704 e. The van der Waals surface area contributed by atoms with Crippen LogP contribution >= 0.6 is 11.6 Å². The van der Waals surface area contributed by atoms with Gasteiger partial charge in [-0.2, -0.15) is 0 Å². The Morgan fingerprint density at radius 2 is 1.89 bits per heavy atom. The highest BCUT2D eigenvalue weighted by Gasteiger charge is 2.54. The highest BCUT2D eigenvalue weighted by Crippen LogP contribution is 2.55. The lowest BCUT2D eigenvalue weighted by atomic mass is 9.58. The van der Waals surface area contributed by atoms with Crippen LogP contribution in [0.25, 0.3) is 0 Å². The molecule has 0 N–H and O–H groups in total. The molecule has 0 aromatic heterocycles. The summed E-state index contributed by atoms with van der Waals surface area (Å²) >= 11 is 6.45. The Morgan fingerprint density at radius 1 is 1.11 bits per heavy atom. The second-order valence-corrected chi connectivity index (χ2v) is 6.35. The first-order chi connectivity index (χ1) is 8.79. The summed E-state index contributed by atoms with van der Waals surface area (Å²) in [5.74, 6) is 0. The van der Waals surface area contributed by atoms with E-state index in [1.54, 1.807) is 0 Å². The predicted octanol–water partition coefficient (Wildman–Crippen LogP) is 4.15. The van der Waals surface area contributed by atoms with Crippen LogP contribution in [0.15, 0.2) is 0 Å². The summed E-state index contributed by atoms with van der Waals surface area (Å²) in [7, 11) is 0. The molecule has 3 heteroatoms. The van der Waals surface area contributed by atoms with E-state index in [-0.39, 0.29) is 0 Å². The molecule has 0 radical (unpaired) electrons. The Kier molecular flexibility index (Phi) is 5.78. The average Bonchev–Trinajstić information content (AvgIpc) is 2.42. The molecule has 0 amide bonds. The fourth-order valence-corrected chi connectivity index (χ4v) is 3.90. The number of halogens is 1. The molecule has 2 aliphatic rings. The summed E-state index contributed by atoms with van der Waals surface area (Å²) in [6, 6.07) is 0. The first-order valence-electron chi connectivity index (χ1n) is 7.63. The molecule has 0 saturated heterocycles. The van der Waals surface area contributed by atoms with E-state index in [1.165, 1.54) is 38.5 Å². The molecule has 0 aliphatic heterocycles. The van der Waals surface area contributed by atoms with Gasteiger partial charge in [0.2, 0.25) is 0 Å². The van der Waals surface area contributed by atoms with E-state index in [0.717, 1.165) is 32.7 Å². The van der Waals surface area contributed by atoms with Crippen LogP contribution < -0.4 is 0 Å². The van der Waals surface area contributed by atoms with Crippen molar-refractivity contribution in [2.45, 2.75) is 69.8 Å². The van der Waals surface area contributed by atoms with Crippen molar-refractivity contribution in [3.8, 4) is 0 Å². The highest BCUT2D eigenvalue weighted by molar-refractivity contribution is 6.21.